The first-order chi connectivity index (χ1) is 24.8. The number of rotatable bonds is 24. The minimum absolute atomic E-state index is 0.0130. The molecule has 3 aromatic rings. The monoisotopic (exact) mass is 704 g/mol. The van der Waals surface area contributed by atoms with E-state index in [0.717, 1.165) is 94.3 Å². The third-order valence-corrected chi connectivity index (χ3v) is 9.26. The Morgan fingerprint density at radius 1 is 0.745 bits per heavy atom. The maximum atomic E-state index is 14.7. The molecule has 1 aliphatic heterocycles. The molecule has 0 aromatic heterocycles. The van der Waals surface area contributed by atoms with Gasteiger partial charge in [0.2, 0.25) is 0 Å². The van der Waals surface area contributed by atoms with Crippen molar-refractivity contribution in [3.63, 3.8) is 0 Å². The zero-order chi connectivity index (χ0) is 36.3. The van der Waals surface area contributed by atoms with Crippen LogP contribution in [-0.4, -0.2) is 51.1 Å². The van der Waals surface area contributed by atoms with Crippen molar-refractivity contribution in [2.24, 2.45) is 5.41 Å². The Labute approximate surface area is 304 Å². The van der Waals surface area contributed by atoms with Gasteiger partial charge in [-0.2, -0.15) is 0 Å². The van der Waals surface area contributed by atoms with Crippen LogP contribution in [0.4, 0.5) is 4.39 Å². The fourth-order valence-electron chi connectivity index (χ4n) is 6.01. The van der Waals surface area contributed by atoms with Crippen molar-refractivity contribution in [2.75, 3.05) is 33.0 Å². The molecule has 7 nitrogen and oxygen atoms in total. The van der Waals surface area contributed by atoms with E-state index in [9.17, 15) is 14.0 Å². The summed E-state index contributed by atoms with van der Waals surface area (Å²) in [6.45, 7) is 10.2. The zero-order valence-corrected chi connectivity index (χ0v) is 30.9. The highest BCUT2D eigenvalue weighted by Gasteiger charge is 2.33. The lowest BCUT2D eigenvalue weighted by atomic mass is 9.90. The topological polar surface area (TPSA) is 80.3 Å². The Hall–Kier alpha value is -3.75. The Morgan fingerprint density at radius 3 is 1.94 bits per heavy atom. The third-order valence-electron chi connectivity index (χ3n) is 9.26. The highest BCUT2D eigenvalue weighted by Crippen LogP contribution is 2.27. The molecular weight excluding hydrogens is 647 g/mol. The molecule has 0 radical (unpaired) electrons. The lowest BCUT2D eigenvalue weighted by Crippen LogP contribution is -2.43. The molecule has 1 heterocycles. The van der Waals surface area contributed by atoms with Crippen LogP contribution in [0.25, 0.3) is 11.1 Å². The number of hydrogen-bond donors (Lipinski definition) is 0. The molecule has 0 spiro atoms. The summed E-state index contributed by atoms with van der Waals surface area (Å²) in [7, 11) is 0. The van der Waals surface area contributed by atoms with E-state index in [2.05, 4.69) is 13.8 Å². The lowest BCUT2D eigenvalue weighted by molar-refractivity contribution is -0.137. The average molecular weight is 705 g/mol. The number of ether oxygens (including phenoxy) is 5. The minimum Gasteiger partial charge on any atom is -0.494 e. The Morgan fingerprint density at radius 2 is 1.33 bits per heavy atom. The SMILES string of the molecule is CCCCCC[C@@H](C)OC(=O)c1ccc(OC(=O)c2ccc(-c3ccc(OCCCCCCCCCCOCC4(C)COC4)cc3)cc2)cc1F. The molecule has 0 amide bonds. The first-order valence-electron chi connectivity index (χ1n) is 19.0. The predicted molar refractivity (Wildman–Crippen MR) is 199 cm³/mol. The van der Waals surface area contributed by atoms with Gasteiger partial charge < -0.3 is 23.7 Å². The van der Waals surface area contributed by atoms with Crippen LogP contribution in [0.2, 0.25) is 0 Å². The van der Waals surface area contributed by atoms with Crippen molar-refractivity contribution in [1.29, 1.82) is 0 Å². The summed E-state index contributed by atoms with van der Waals surface area (Å²) in [6, 6.07) is 18.7. The molecule has 4 rings (SSSR count). The van der Waals surface area contributed by atoms with Crippen molar-refractivity contribution >= 4 is 11.9 Å². The third kappa shape index (κ3) is 14.1. The van der Waals surface area contributed by atoms with Gasteiger partial charge in [-0.1, -0.05) is 95.9 Å². The van der Waals surface area contributed by atoms with Crippen LogP contribution in [0.5, 0.6) is 11.5 Å². The second-order valence-corrected chi connectivity index (χ2v) is 14.2. The van der Waals surface area contributed by atoms with E-state index in [4.69, 9.17) is 23.7 Å². The molecular formula is C43H57FO7. The summed E-state index contributed by atoms with van der Waals surface area (Å²) in [5, 5.41) is 0. The first-order valence-corrected chi connectivity index (χ1v) is 19.0. The molecule has 3 aromatic carbocycles. The second kappa shape index (κ2) is 21.6. The number of benzene rings is 3. The Kier molecular flexibility index (Phi) is 16.9. The number of carbonyl (C=O) groups is 2. The van der Waals surface area contributed by atoms with E-state index in [-0.39, 0.29) is 22.8 Å². The normalized spacial score (nSPS) is 14.0. The van der Waals surface area contributed by atoms with Gasteiger partial charge in [0.25, 0.3) is 0 Å². The standard InChI is InChI=1S/C43H57FO7/c1-4-5-6-13-16-33(2)50-42(46)39-26-25-38(29-40(39)44)51-41(45)36-19-17-34(18-20-36)35-21-23-37(24-22-35)49-28-15-12-10-8-7-9-11-14-27-47-30-43(3)31-48-32-43/h17-26,29,33H,4-16,27-28,30-32H2,1-3H3/t33-/m1/s1. The predicted octanol–water partition coefficient (Wildman–Crippen LogP) is 10.8. The van der Waals surface area contributed by atoms with Crippen LogP contribution >= 0.6 is 0 Å². The first kappa shape index (κ1) is 40.0. The number of halogens is 1. The maximum absolute atomic E-state index is 14.7. The van der Waals surface area contributed by atoms with E-state index in [1.807, 2.05) is 43.3 Å². The largest absolute Gasteiger partial charge is 0.494 e. The van der Waals surface area contributed by atoms with Gasteiger partial charge in [-0.05, 0) is 80.1 Å². The van der Waals surface area contributed by atoms with Gasteiger partial charge in [-0.3, -0.25) is 0 Å². The van der Waals surface area contributed by atoms with Crippen molar-refractivity contribution in [3.8, 4) is 22.6 Å². The smallest absolute Gasteiger partial charge is 0.343 e. The molecule has 0 bridgehead atoms. The highest BCUT2D eigenvalue weighted by molar-refractivity contribution is 5.92. The Bertz CT molecular complexity index is 1470. The average Bonchev–Trinajstić information content (AvgIpc) is 3.11. The summed E-state index contributed by atoms with van der Waals surface area (Å²) in [6.07, 6.45) is 14.4. The van der Waals surface area contributed by atoms with E-state index in [1.165, 1.54) is 50.7 Å². The van der Waals surface area contributed by atoms with Gasteiger partial charge in [0.15, 0.2) is 0 Å². The van der Waals surface area contributed by atoms with Crippen LogP contribution in [0.1, 0.15) is 125 Å². The summed E-state index contributed by atoms with van der Waals surface area (Å²) in [5.41, 5.74) is 2.33. The van der Waals surface area contributed by atoms with Crippen molar-refractivity contribution in [1.82, 2.24) is 0 Å². The van der Waals surface area contributed by atoms with Gasteiger partial charge in [0.05, 0.1) is 43.7 Å². The van der Waals surface area contributed by atoms with Crippen LogP contribution in [-0.2, 0) is 14.2 Å². The minimum atomic E-state index is -0.796. The molecule has 1 fully saturated rings. The van der Waals surface area contributed by atoms with Gasteiger partial charge in [0.1, 0.15) is 17.3 Å². The van der Waals surface area contributed by atoms with E-state index < -0.39 is 17.8 Å². The molecule has 51 heavy (non-hydrogen) atoms. The van der Waals surface area contributed by atoms with Crippen molar-refractivity contribution in [2.45, 2.75) is 110 Å². The Balaban J connectivity index is 1.09. The van der Waals surface area contributed by atoms with Crippen LogP contribution in [0.3, 0.4) is 0 Å². The van der Waals surface area contributed by atoms with E-state index in [1.54, 1.807) is 12.1 Å². The molecule has 1 atom stereocenters. The zero-order valence-electron chi connectivity index (χ0n) is 30.9. The fraction of sp³-hybridized carbons (Fsp3) is 0.535. The summed E-state index contributed by atoms with van der Waals surface area (Å²) >= 11 is 0. The van der Waals surface area contributed by atoms with Gasteiger partial charge in [0, 0.05) is 18.1 Å². The molecule has 0 saturated carbocycles. The second-order valence-electron chi connectivity index (χ2n) is 14.2. The summed E-state index contributed by atoms with van der Waals surface area (Å²) < 4.78 is 42.6. The molecule has 0 N–H and O–H groups in total. The molecule has 278 valence electrons. The maximum Gasteiger partial charge on any atom is 0.343 e. The van der Waals surface area contributed by atoms with Crippen molar-refractivity contribution < 1.29 is 37.7 Å². The number of hydrogen-bond acceptors (Lipinski definition) is 7. The molecule has 1 saturated heterocycles. The van der Waals surface area contributed by atoms with E-state index >= 15 is 0 Å². The van der Waals surface area contributed by atoms with Gasteiger partial charge in [-0.15, -0.1) is 0 Å². The van der Waals surface area contributed by atoms with Gasteiger partial charge >= 0.3 is 11.9 Å². The van der Waals surface area contributed by atoms with Crippen LogP contribution in [0, 0.1) is 11.2 Å². The molecule has 1 aliphatic rings. The van der Waals surface area contributed by atoms with Gasteiger partial charge in [-0.25, -0.2) is 14.0 Å². The summed E-state index contributed by atoms with van der Waals surface area (Å²) in [5.74, 6) is -1.29. The highest BCUT2D eigenvalue weighted by atomic mass is 19.1. The van der Waals surface area contributed by atoms with Crippen LogP contribution < -0.4 is 9.47 Å². The molecule has 0 aliphatic carbocycles. The van der Waals surface area contributed by atoms with Crippen LogP contribution in [0.15, 0.2) is 66.7 Å². The number of esters is 2. The fourth-order valence-corrected chi connectivity index (χ4v) is 6.01. The van der Waals surface area contributed by atoms with Crippen molar-refractivity contribution in [3.05, 3.63) is 83.7 Å². The molecule has 8 heteroatoms. The number of unbranched alkanes of at least 4 members (excludes halogenated alkanes) is 10. The number of carbonyl (C=O) groups excluding carboxylic acids is 2. The lowest BCUT2D eigenvalue weighted by Gasteiger charge is -2.37. The van der Waals surface area contributed by atoms with E-state index in [0.29, 0.717) is 12.2 Å². The quantitative estimate of drug-likeness (QED) is 0.0521. The molecule has 0 unspecified atom stereocenters. The summed E-state index contributed by atoms with van der Waals surface area (Å²) in [4.78, 5) is 25.2.